The third-order valence-electron chi connectivity index (χ3n) is 9.53. The molecule has 1 aliphatic heterocycles. The van der Waals surface area contributed by atoms with Gasteiger partial charge in [0.2, 0.25) is 0 Å². The van der Waals surface area contributed by atoms with Crippen molar-refractivity contribution in [2.75, 3.05) is 26.0 Å². The van der Waals surface area contributed by atoms with E-state index in [0.717, 1.165) is 59.7 Å². The topological polar surface area (TPSA) is 113 Å². The van der Waals surface area contributed by atoms with Crippen LogP contribution >= 0.6 is 0 Å². The van der Waals surface area contributed by atoms with Crippen LogP contribution in [0.1, 0.15) is 93.6 Å². The van der Waals surface area contributed by atoms with Crippen molar-refractivity contribution >= 4 is 17.4 Å². The van der Waals surface area contributed by atoms with Gasteiger partial charge < -0.3 is 25.2 Å². The van der Waals surface area contributed by atoms with Crippen LogP contribution in [-0.2, 0) is 17.6 Å². The Morgan fingerprint density at radius 1 is 1.11 bits per heavy atom. The molecule has 4 aromatic rings. The van der Waals surface area contributed by atoms with Gasteiger partial charge in [-0.05, 0) is 92.6 Å². The molecule has 0 saturated carbocycles. The zero-order valence-corrected chi connectivity index (χ0v) is 27.1. The first-order valence-electron chi connectivity index (χ1n) is 15.7. The van der Waals surface area contributed by atoms with Gasteiger partial charge in [0.1, 0.15) is 17.6 Å². The third-order valence-corrected chi connectivity index (χ3v) is 9.53. The summed E-state index contributed by atoms with van der Waals surface area (Å²) < 4.78 is 14.3. The molecule has 0 radical (unpaired) electrons. The number of hydrogen-bond acceptors (Lipinski definition) is 7. The lowest BCUT2D eigenvalue weighted by Gasteiger charge is -2.32. The van der Waals surface area contributed by atoms with Gasteiger partial charge in [-0.15, -0.1) is 10.2 Å². The maximum absolute atomic E-state index is 13.4. The highest BCUT2D eigenvalue weighted by molar-refractivity contribution is 5.92. The Kier molecular flexibility index (Phi) is 8.22. The Hall–Kier alpha value is -4.15. The number of urea groups is 1. The summed E-state index contributed by atoms with van der Waals surface area (Å²) in [6, 6.07) is 15.4. The van der Waals surface area contributed by atoms with E-state index in [1.54, 1.807) is 7.11 Å². The quantitative estimate of drug-likeness (QED) is 0.226. The van der Waals surface area contributed by atoms with Crippen molar-refractivity contribution < 1.29 is 19.4 Å². The first-order valence-corrected chi connectivity index (χ1v) is 15.7. The largest absolute Gasteiger partial charge is 0.494 e. The molecule has 2 amide bonds. The maximum Gasteiger partial charge on any atom is 0.319 e. The minimum Gasteiger partial charge on any atom is -0.494 e. The molecule has 1 fully saturated rings. The van der Waals surface area contributed by atoms with E-state index >= 15 is 0 Å². The molecule has 0 bridgehead atoms. The van der Waals surface area contributed by atoms with E-state index in [0.29, 0.717) is 23.4 Å². The number of methoxy groups -OCH3 is 1. The number of nitrogens with one attached hydrogen (secondary N) is 2. The van der Waals surface area contributed by atoms with Crippen molar-refractivity contribution in [3.05, 3.63) is 82.8 Å². The van der Waals surface area contributed by atoms with Gasteiger partial charge in [-0.1, -0.05) is 45.0 Å². The molecule has 0 spiro atoms. The third kappa shape index (κ3) is 5.84. The summed E-state index contributed by atoms with van der Waals surface area (Å²) in [5.74, 6) is 2.14. The zero-order chi connectivity index (χ0) is 31.9. The van der Waals surface area contributed by atoms with Gasteiger partial charge in [-0.2, -0.15) is 0 Å². The Morgan fingerprint density at radius 3 is 2.58 bits per heavy atom. The average Bonchev–Trinajstić information content (AvgIpc) is 3.60. The number of likely N-dealkylation sites (tertiary alicyclic amines) is 1. The molecule has 1 aliphatic carbocycles. The van der Waals surface area contributed by atoms with Crippen molar-refractivity contribution in [2.45, 2.75) is 83.1 Å². The zero-order valence-electron chi connectivity index (χ0n) is 27.1. The van der Waals surface area contributed by atoms with Crippen LogP contribution in [0.25, 0.3) is 5.65 Å². The molecule has 3 atom stereocenters. The molecule has 2 aromatic heterocycles. The second-order valence-electron chi connectivity index (χ2n) is 13.5. The molecule has 10 nitrogen and oxygen atoms in total. The summed E-state index contributed by atoms with van der Waals surface area (Å²) in [6.07, 6.45) is 5.43. The van der Waals surface area contributed by atoms with E-state index in [9.17, 15) is 9.90 Å². The normalized spacial score (nSPS) is 21.8. The summed E-state index contributed by atoms with van der Waals surface area (Å²) in [7, 11) is 3.69. The number of anilines is 1. The van der Waals surface area contributed by atoms with E-state index in [1.807, 2.05) is 42.6 Å². The lowest BCUT2D eigenvalue weighted by Crippen LogP contribution is -2.37. The van der Waals surface area contributed by atoms with Gasteiger partial charge >= 0.3 is 6.03 Å². The van der Waals surface area contributed by atoms with Crippen LogP contribution in [0.3, 0.4) is 0 Å². The van der Waals surface area contributed by atoms with Gasteiger partial charge in [-0.25, -0.2) is 4.79 Å². The Bertz CT molecular complexity index is 1710. The number of amides is 2. The number of rotatable bonds is 7. The van der Waals surface area contributed by atoms with Crippen LogP contribution in [-0.4, -0.2) is 51.3 Å². The molecule has 1 unspecified atom stereocenters. The number of pyridine rings is 1. The smallest absolute Gasteiger partial charge is 0.319 e. The number of aromatic nitrogens is 3. The fraction of sp³-hybridized carbons (Fsp3) is 0.457. The van der Waals surface area contributed by atoms with Crippen molar-refractivity contribution in [3.8, 4) is 11.5 Å². The number of benzene rings is 2. The van der Waals surface area contributed by atoms with Crippen LogP contribution < -0.4 is 20.1 Å². The molecule has 2 aliphatic rings. The summed E-state index contributed by atoms with van der Waals surface area (Å²) in [5, 5.41) is 25.2. The van der Waals surface area contributed by atoms with Crippen molar-refractivity contribution in [1.29, 1.82) is 0 Å². The predicted molar refractivity (Wildman–Crippen MR) is 174 cm³/mol. The minimum atomic E-state index is -0.335. The summed E-state index contributed by atoms with van der Waals surface area (Å²) in [6.45, 7) is 9.35. The lowest BCUT2D eigenvalue weighted by molar-refractivity contribution is 0.170. The standard InChI is InChI=1S/C35H44N6O4/c1-34(2,3)23-18-22(21-42)31(44-6)28(19-23)37-33(43)36-27-13-14-29(26-11-8-7-10-25(26)27)45-24-12-15-30-38-39-32(41(30)20-24)35(4)16-9-17-40(35)5/h7-8,10-12,15,18-20,27,29,42H,9,13-14,16-17,21H2,1-6H3,(H2,36,37,43)/t27-,29+,35?/m0/s1. The first kappa shape index (κ1) is 30.9. The highest BCUT2D eigenvalue weighted by atomic mass is 16.5. The van der Waals surface area contributed by atoms with Crippen LogP contribution in [0.4, 0.5) is 10.5 Å². The molecule has 3 heterocycles. The van der Waals surface area contributed by atoms with Crippen LogP contribution in [0.2, 0.25) is 0 Å². The van der Waals surface area contributed by atoms with E-state index < -0.39 is 0 Å². The molecule has 238 valence electrons. The molecular formula is C35H44N6O4. The van der Waals surface area contributed by atoms with E-state index in [4.69, 9.17) is 9.47 Å². The summed E-state index contributed by atoms with van der Waals surface area (Å²) >= 11 is 0. The van der Waals surface area contributed by atoms with Crippen LogP contribution in [0.15, 0.2) is 54.7 Å². The van der Waals surface area contributed by atoms with Gasteiger partial charge in [0, 0.05) is 5.56 Å². The second-order valence-corrected chi connectivity index (χ2v) is 13.5. The molecule has 10 heteroatoms. The number of ether oxygens (including phenoxy) is 2. The van der Waals surface area contributed by atoms with E-state index in [1.165, 1.54) is 0 Å². The van der Waals surface area contributed by atoms with Crippen molar-refractivity contribution in [1.82, 2.24) is 24.8 Å². The summed E-state index contributed by atoms with van der Waals surface area (Å²) in [4.78, 5) is 15.7. The minimum absolute atomic E-state index is 0.167. The fourth-order valence-electron chi connectivity index (χ4n) is 6.77. The maximum atomic E-state index is 13.4. The monoisotopic (exact) mass is 612 g/mol. The van der Waals surface area contributed by atoms with Gasteiger partial charge in [-0.3, -0.25) is 9.30 Å². The predicted octanol–water partition coefficient (Wildman–Crippen LogP) is 6.25. The molecule has 2 aromatic carbocycles. The van der Waals surface area contributed by atoms with Gasteiger partial charge in [0.05, 0.1) is 37.2 Å². The van der Waals surface area contributed by atoms with E-state index in [2.05, 4.69) is 77.0 Å². The van der Waals surface area contributed by atoms with E-state index in [-0.39, 0.29) is 35.7 Å². The Balaban J connectivity index is 1.21. The number of aliphatic hydroxyl groups excluding tert-OH is 1. The number of fused-ring (bicyclic) bond motifs is 2. The number of hydrogen-bond donors (Lipinski definition) is 3. The number of nitrogens with zero attached hydrogens (tertiary/aromatic N) is 4. The molecule has 6 rings (SSSR count). The number of aliphatic hydroxyl groups is 1. The highest BCUT2D eigenvalue weighted by Crippen LogP contribution is 2.41. The Morgan fingerprint density at radius 2 is 1.89 bits per heavy atom. The van der Waals surface area contributed by atoms with Crippen LogP contribution in [0.5, 0.6) is 11.5 Å². The summed E-state index contributed by atoms with van der Waals surface area (Å²) in [5.41, 5.74) is 4.68. The molecule has 45 heavy (non-hydrogen) atoms. The van der Waals surface area contributed by atoms with Gasteiger partial charge in [0.15, 0.2) is 11.5 Å². The first-order chi connectivity index (χ1) is 21.5. The molecule has 3 N–H and O–H groups in total. The van der Waals surface area contributed by atoms with Gasteiger partial charge in [0.25, 0.3) is 0 Å². The fourth-order valence-corrected chi connectivity index (χ4v) is 6.77. The highest BCUT2D eigenvalue weighted by Gasteiger charge is 2.40. The molecular weight excluding hydrogens is 568 g/mol. The van der Waals surface area contributed by atoms with Crippen molar-refractivity contribution in [3.63, 3.8) is 0 Å². The molecule has 1 saturated heterocycles. The lowest BCUT2D eigenvalue weighted by atomic mass is 9.85. The number of carbonyl (C=O) groups excluding carboxylic acids is 1. The second kappa shape index (κ2) is 12.0. The van der Waals surface area contributed by atoms with Crippen LogP contribution in [0, 0.1) is 0 Å². The average molecular weight is 613 g/mol. The van der Waals surface area contributed by atoms with Crippen molar-refractivity contribution in [2.24, 2.45) is 0 Å². The number of carbonyl (C=O) groups is 1. The SMILES string of the molecule is COc1c(CO)cc(C(C)(C)C)cc1NC(=O)N[C@H]1CC[C@@H](Oc2ccc3nnc(C4(C)CCCN4C)n3c2)c2ccccc21. The Labute approximate surface area is 264 Å².